The van der Waals surface area contributed by atoms with Gasteiger partial charge in [0.1, 0.15) is 13.2 Å². The molecule has 2 amide bonds. The fourth-order valence-corrected chi connectivity index (χ4v) is 3.72. The largest absolute Gasteiger partial charge is 0.375 e. The van der Waals surface area contributed by atoms with Crippen molar-refractivity contribution in [3.63, 3.8) is 0 Å². The fraction of sp³-hybridized carbons (Fsp3) is 0.500. The van der Waals surface area contributed by atoms with Crippen LogP contribution in [0, 0.1) is 6.92 Å². The minimum atomic E-state index is -0.155. The van der Waals surface area contributed by atoms with Gasteiger partial charge in [-0.1, -0.05) is 36.8 Å². The maximum atomic E-state index is 12.9. The van der Waals surface area contributed by atoms with Crippen molar-refractivity contribution < 1.29 is 14.3 Å². The first kappa shape index (κ1) is 23.7. The molecular weight excluding hydrogens is 406 g/mol. The number of amides is 2. The normalized spacial score (nSPS) is 14.9. The minimum absolute atomic E-state index is 0.00907. The Bertz CT molecular complexity index is 893. The van der Waals surface area contributed by atoms with Crippen LogP contribution < -0.4 is 4.90 Å². The Kier molecular flexibility index (Phi) is 8.16. The van der Waals surface area contributed by atoms with Crippen molar-refractivity contribution >= 4 is 17.6 Å². The van der Waals surface area contributed by atoms with Crippen molar-refractivity contribution in [3.8, 4) is 11.3 Å². The molecule has 8 heteroatoms. The number of nitrogens with zero attached hydrogens (tertiary/aromatic N) is 5. The minimum Gasteiger partial charge on any atom is -0.375 e. The van der Waals surface area contributed by atoms with Crippen LogP contribution in [0.1, 0.15) is 25.8 Å². The summed E-state index contributed by atoms with van der Waals surface area (Å²) in [6, 6.07) is 12.2. The Balaban J connectivity index is 1.56. The summed E-state index contributed by atoms with van der Waals surface area (Å²) >= 11 is 0. The lowest BCUT2D eigenvalue weighted by Gasteiger charge is -2.37. The van der Waals surface area contributed by atoms with Gasteiger partial charge in [-0.25, -0.2) is 0 Å². The summed E-state index contributed by atoms with van der Waals surface area (Å²) in [5.74, 6) is 0.623. The molecular formula is C24H33N5O3. The molecule has 172 valence electrons. The molecule has 1 aromatic carbocycles. The van der Waals surface area contributed by atoms with Gasteiger partial charge in [0.2, 0.25) is 11.8 Å². The van der Waals surface area contributed by atoms with Crippen LogP contribution in [0.2, 0.25) is 0 Å². The van der Waals surface area contributed by atoms with E-state index in [-0.39, 0.29) is 31.0 Å². The average molecular weight is 440 g/mol. The second-order valence-electron chi connectivity index (χ2n) is 8.22. The third kappa shape index (κ3) is 5.82. The highest BCUT2D eigenvalue weighted by atomic mass is 16.5. The molecule has 8 nitrogen and oxygen atoms in total. The first-order chi connectivity index (χ1) is 15.4. The summed E-state index contributed by atoms with van der Waals surface area (Å²) in [6.07, 6.45) is 0.785. The quantitative estimate of drug-likeness (QED) is 0.628. The van der Waals surface area contributed by atoms with Gasteiger partial charge in [0.15, 0.2) is 5.82 Å². The third-order valence-corrected chi connectivity index (χ3v) is 5.97. The van der Waals surface area contributed by atoms with Gasteiger partial charge >= 0.3 is 0 Å². The van der Waals surface area contributed by atoms with Crippen LogP contribution in [0.5, 0.6) is 0 Å². The molecule has 1 saturated heterocycles. The highest BCUT2D eigenvalue weighted by molar-refractivity contribution is 5.85. The molecule has 1 fully saturated rings. The maximum Gasteiger partial charge on any atom is 0.249 e. The molecule has 2 aromatic rings. The Morgan fingerprint density at radius 3 is 2.31 bits per heavy atom. The van der Waals surface area contributed by atoms with Crippen LogP contribution in [0.25, 0.3) is 11.3 Å². The molecule has 0 bridgehead atoms. The molecule has 1 aromatic heterocycles. The van der Waals surface area contributed by atoms with Gasteiger partial charge in [-0.05, 0) is 32.4 Å². The van der Waals surface area contributed by atoms with Gasteiger partial charge in [-0.15, -0.1) is 10.2 Å². The fourth-order valence-electron chi connectivity index (χ4n) is 3.72. The van der Waals surface area contributed by atoms with E-state index in [9.17, 15) is 9.59 Å². The lowest BCUT2D eigenvalue weighted by Crippen LogP contribution is -2.53. The van der Waals surface area contributed by atoms with Crippen LogP contribution >= 0.6 is 0 Å². The Hall–Kier alpha value is -3.00. The van der Waals surface area contributed by atoms with Gasteiger partial charge in [0.25, 0.3) is 0 Å². The third-order valence-electron chi connectivity index (χ3n) is 5.97. The van der Waals surface area contributed by atoms with Crippen molar-refractivity contribution in [2.24, 2.45) is 0 Å². The number of anilines is 1. The summed E-state index contributed by atoms with van der Waals surface area (Å²) in [6.45, 7) is 8.64. The lowest BCUT2D eigenvalue weighted by molar-refractivity contribution is -0.144. The molecule has 0 spiro atoms. The van der Waals surface area contributed by atoms with Gasteiger partial charge < -0.3 is 19.4 Å². The zero-order chi connectivity index (χ0) is 23.1. The van der Waals surface area contributed by atoms with Gasteiger partial charge in [0.05, 0.1) is 5.69 Å². The van der Waals surface area contributed by atoms with E-state index in [4.69, 9.17) is 4.74 Å². The van der Waals surface area contributed by atoms with Crippen molar-refractivity contribution in [2.45, 2.75) is 33.2 Å². The van der Waals surface area contributed by atoms with E-state index in [2.05, 4.69) is 34.2 Å². The molecule has 2 heterocycles. The average Bonchev–Trinajstić information content (AvgIpc) is 2.82. The number of hydrogen-bond donors (Lipinski definition) is 0. The second-order valence-corrected chi connectivity index (χ2v) is 8.22. The molecule has 1 unspecified atom stereocenters. The van der Waals surface area contributed by atoms with E-state index in [0.717, 1.165) is 23.5 Å². The Morgan fingerprint density at radius 1 is 1.06 bits per heavy atom. The number of carbonyl (C=O) groups excluding carboxylic acids is 2. The Labute approximate surface area is 190 Å². The predicted octanol–water partition coefficient (Wildman–Crippen LogP) is 2.37. The first-order valence-electron chi connectivity index (χ1n) is 11.1. The highest BCUT2D eigenvalue weighted by Crippen LogP contribution is 2.20. The lowest BCUT2D eigenvalue weighted by atomic mass is 10.1. The first-order valence-corrected chi connectivity index (χ1v) is 11.1. The van der Waals surface area contributed by atoms with Crippen LogP contribution in [0.15, 0.2) is 36.4 Å². The van der Waals surface area contributed by atoms with Gasteiger partial charge in [0, 0.05) is 44.9 Å². The molecule has 0 aliphatic carbocycles. The number of carbonyl (C=O) groups is 2. The number of ether oxygens (including phenoxy) is 1. The number of aryl methyl sites for hydroxylation is 1. The van der Waals surface area contributed by atoms with E-state index in [1.807, 2.05) is 43.0 Å². The van der Waals surface area contributed by atoms with Crippen molar-refractivity contribution in [3.05, 3.63) is 42.0 Å². The number of aromatic nitrogens is 2. The zero-order valence-corrected chi connectivity index (χ0v) is 19.5. The number of benzene rings is 1. The number of hydrogen-bond acceptors (Lipinski definition) is 6. The van der Waals surface area contributed by atoms with Crippen LogP contribution in [0.3, 0.4) is 0 Å². The standard InChI is InChI=1S/C24H33N5O3/c1-5-19(3)29(24(31)17-32-4)16-23(30)28-14-12-27(13-15-28)22-11-10-21(25-26-22)20-8-6-18(2)7-9-20/h6-11,19H,5,12-17H2,1-4H3. The molecule has 32 heavy (non-hydrogen) atoms. The summed E-state index contributed by atoms with van der Waals surface area (Å²) in [5.41, 5.74) is 3.09. The van der Waals surface area contributed by atoms with E-state index in [1.165, 1.54) is 12.7 Å². The second kappa shape index (κ2) is 11.0. The van der Waals surface area contributed by atoms with Crippen LogP contribution in [-0.2, 0) is 14.3 Å². The summed E-state index contributed by atoms with van der Waals surface area (Å²) < 4.78 is 4.98. The molecule has 3 rings (SSSR count). The van der Waals surface area contributed by atoms with E-state index in [1.54, 1.807) is 4.90 Å². The van der Waals surface area contributed by atoms with E-state index >= 15 is 0 Å². The summed E-state index contributed by atoms with van der Waals surface area (Å²) in [5, 5.41) is 8.79. The smallest absolute Gasteiger partial charge is 0.249 e. The van der Waals surface area contributed by atoms with Crippen LogP contribution in [0.4, 0.5) is 5.82 Å². The zero-order valence-electron chi connectivity index (χ0n) is 19.5. The molecule has 0 saturated carbocycles. The van der Waals surface area contributed by atoms with Crippen molar-refractivity contribution in [1.29, 1.82) is 0 Å². The number of rotatable bonds is 8. The topological polar surface area (TPSA) is 78.9 Å². The molecule has 0 radical (unpaired) electrons. The number of piperazine rings is 1. The van der Waals surface area contributed by atoms with Gasteiger partial charge in [-0.3, -0.25) is 9.59 Å². The van der Waals surface area contributed by atoms with Crippen LogP contribution in [-0.4, -0.2) is 84.3 Å². The monoisotopic (exact) mass is 439 g/mol. The van der Waals surface area contributed by atoms with E-state index < -0.39 is 0 Å². The van der Waals surface area contributed by atoms with E-state index in [0.29, 0.717) is 26.2 Å². The molecule has 1 aliphatic heterocycles. The molecule has 1 atom stereocenters. The molecule has 0 N–H and O–H groups in total. The predicted molar refractivity (Wildman–Crippen MR) is 124 cm³/mol. The SMILES string of the molecule is CCC(C)N(CC(=O)N1CCN(c2ccc(-c3ccc(C)cc3)nn2)CC1)C(=O)COC. The maximum absolute atomic E-state index is 12.9. The summed E-state index contributed by atoms with van der Waals surface area (Å²) in [7, 11) is 1.49. The highest BCUT2D eigenvalue weighted by Gasteiger charge is 2.27. The summed E-state index contributed by atoms with van der Waals surface area (Å²) in [4.78, 5) is 30.8. The van der Waals surface area contributed by atoms with Crippen molar-refractivity contribution in [1.82, 2.24) is 20.0 Å². The van der Waals surface area contributed by atoms with Crippen molar-refractivity contribution in [2.75, 3.05) is 51.3 Å². The Morgan fingerprint density at radius 2 is 1.75 bits per heavy atom. The molecule has 1 aliphatic rings. The van der Waals surface area contributed by atoms with Gasteiger partial charge in [-0.2, -0.15) is 0 Å². The number of methoxy groups -OCH3 is 1.